The second-order valence-corrected chi connectivity index (χ2v) is 9.68. The number of nitrogen functional groups attached to an aromatic ring is 1. The van der Waals surface area contributed by atoms with Gasteiger partial charge in [-0.2, -0.15) is 0 Å². The Balaban J connectivity index is 2.23. The number of methoxy groups -OCH3 is 2. The van der Waals surface area contributed by atoms with Crippen LogP contribution in [0.25, 0.3) is 0 Å². The lowest BCUT2D eigenvalue weighted by Crippen LogP contribution is -2.11. The summed E-state index contributed by atoms with van der Waals surface area (Å²) < 4.78 is 11.0. The first-order chi connectivity index (χ1) is 14.9. The van der Waals surface area contributed by atoms with Crippen LogP contribution in [0, 0.1) is 5.41 Å². The summed E-state index contributed by atoms with van der Waals surface area (Å²) in [4.78, 5) is 12.4. The van der Waals surface area contributed by atoms with Crippen LogP contribution in [-0.4, -0.2) is 31.1 Å². The second-order valence-electron chi connectivity index (χ2n) is 7.84. The molecule has 0 amide bonds. The highest BCUT2D eigenvalue weighted by atomic mass is 31.1. The van der Waals surface area contributed by atoms with Gasteiger partial charge in [-0.25, -0.2) is 0 Å². The highest BCUT2D eigenvalue weighted by molar-refractivity contribution is 7.58. The maximum absolute atomic E-state index is 12.4. The third kappa shape index (κ3) is 7.36. The van der Waals surface area contributed by atoms with Crippen LogP contribution < -0.4 is 15.2 Å². The largest absolute Gasteiger partial charge is 0.493 e. The SMILES string of the molecule is CCCCCCC(=O)PC(C)Cc1cc(OC)c(OC)cc1C(=N)c1ccc(N)cc1. The van der Waals surface area contributed by atoms with Gasteiger partial charge in [-0.15, -0.1) is 0 Å². The molecule has 2 aromatic rings. The Bertz CT molecular complexity index is 881. The minimum Gasteiger partial charge on any atom is -0.493 e. The van der Waals surface area contributed by atoms with Crippen molar-refractivity contribution in [3.8, 4) is 11.5 Å². The summed E-state index contributed by atoms with van der Waals surface area (Å²) in [6, 6.07) is 11.1. The highest BCUT2D eigenvalue weighted by Gasteiger charge is 2.19. The number of nitrogens with two attached hydrogens (primary N) is 1. The zero-order valence-electron chi connectivity index (χ0n) is 19.1. The summed E-state index contributed by atoms with van der Waals surface area (Å²) in [7, 11) is 3.47. The molecule has 0 heterocycles. The number of unbranched alkanes of at least 4 members (excludes halogenated alkanes) is 3. The number of carbonyl (C=O) groups excluding carboxylic acids is 1. The van der Waals surface area contributed by atoms with Crippen molar-refractivity contribution < 1.29 is 14.3 Å². The molecule has 2 aromatic carbocycles. The molecule has 6 heteroatoms. The number of hydrogen-bond donors (Lipinski definition) is 2. The number of hydrogen-bond acceptors (Lipinski definition) is 5. The fraction of sp³-hybridized carbons (Fsp3) is 0.440. The molecule has 0 spiro atoms. The van der Waals surface area contributed by atoms with Crippen molar-refractivity contribution in [3.05, 3.63) is 53.1 Å². The number of rotatable bonds is 13. The van der Waals surface area contributed by atoms with Crippen molar-refractivity contribution in [2.75, 3.05) is 20.0 Å². The Labute approximate surface area is 188 Å². The van der Waals surface area contributed by atoms with Gasteiger partial charge in [0.2, 0.25) is 0 Å². The topological polar surface area (TPSA) is 85.4 Å². The molecule has 2 rings (SSSR count). The molecule has 0 aliphatic rings. The summed E-state index contributed by atoms with van der Waals surface area (Å²) >= 11 is 0. The quantitative estimate of drug-likeness (QED) is 0.177. The molecule has 3 N–H and O–H groups in total. The molecule has 0 saturated carbocycles. The smallest absolute Gasteiger partial charge is 0.161 e. The van der Waals surface area contributed by atoms with Gasteiger partial charge in [0, 0.05) is 23.2 Å². The maximum atomic E-state index is 12.4. The van der Waals surface area contributed by atoms with Crippen LogP contribution in [0.3, 0.4) is 0 Å². The normalized spacial score (nSPS) is 12.1. The standard InChI is InChI=1S/C25H35N2O3P/c1-5-6-7-8-9-24(28)31-17(2)14-19-15-22(29-3)23(30-4)16-21(19)25(27)18-10-12-20(26)13-11-18/h10-13,15-17,27,31H,5-9,14,26H2,1-4H3. The highest BCUT2D eigenvalue weighted by Crippen LogP contribution is 2.35. The van der Waals surface area contributed by atoms with E-state index in [-0.39, 0.29) is 14.2 Å². The molecule has 0 aliphatic carbocycles. The molecule has 2 atom stereocenters. The van der Waals surface area contributed by atoms with E-state index >= 15 is 0 Å². The van der Waals surface area contributed by atoms with Crippen LogP contribution in [0.15, 0.2) is 36.4 Å². The van der Waals surface area contributed by atoms with Gasteiger partial charge >= 0.3 is 0 Å². The van der Waals surface area contributed by atoms with Gasteiger partial charge in [-0.3, -0.25) is 10.2 Å². The summed E-state index contributed by atoms with van der Waals surface area (Å²) in [5.74, 6) is 1.22. The minimum atomic E-state index is 0.203. The Kier molecular flexibility index (Phi) is 10.00. The third-order valence-corrected chi connectivity index (χ3v) is 6.54. The molecule has 31 heavy (non-hydrogen) atoms. The van der Waals surface area contributed by atoms with Crippen LogP contribution in [0.5, 0.6) is 11.5 Å². The summed E-state index contributed by atoms with van der Waals surface area (Å²) in [6.45, 7) is 4.28. The lowest BCUT2D eigenvalue weighted by atomic mass is 9.94. The number of benzene rings is 2. The summed E-state index contributed by atoms with van der Waals surface area (Å²) in [6.07, 6.45) is 5.84. The van der Waals surface area contributed by atoms with Gasteiger partial charge in [-0.05, 0) is 56.9 Å². The maximum Gasteiger partial charge on any atom is 0.161 e. The van der Waals surface area contributed by atoms with Crippen LogP contribution >= 0.6 is 8.58 Å². The predicted octanol–water partition coefficient (Wildman–Crippen LogP) is 5.81. The van der Waals surface area contributed by atoms with Crippen molar-refractivity contribution >= 4 is 25.5 Å². The molecule has 5 nitrogen and oxygen atoms in total. The van der Waals surface area contributed by atoms with E-state index in [1.54, 1.807) is 26.4 Å². The molecular formula is C25H35N2O3P. The van der Waals surface area contributed by atoms with E-state index in [1.807, 2.05) is 24.3 Å². The zero-order chi connectivity index (χ0) is 22.8. The van der Waals surface area contributed by atoms with Crippen LogP contribution in [-0.2, 0) is 11.2 Å². The van der Waals surface area contributed by atoms with E-state index in [0.29, 0.717) is 41.3 Å². The predicted molar refractivity (Wildman–Crippen MR) is 132 cm³/mol. The monoisotopic (exact) mass is 442 g/mol. The van der Waals surface area contributed by atoms with E-state index in [2.05, 4.69) is 13.8 Å². The number of ether oxygens (including phenoxy) is 2. The lowest BCUT2D eigenvalue weighted by Gasteiger charge is -2.18. The molecule has 0 aliphatic heterocycles. The molecule has 168 valence electrons. The molecule has 0 aromatic heterocycles. The van der Waals surface area contributed by atoms with Gasteiger partial charge in [0.05, 0.1) is 19.9 Å². The fourth-order valence-electron chi connectivity index (χ4n) is 3.57. The molecule has 0 bridgehead atoms. The van der Waals surface area contributed by atoms with E-state index in [9.17, 15) is 4.79 Å². The molecule has 2 unspecified atom stereocenters. The van der Waals surface area contributed by atoms with Gasteiger partial charge in [0.15, 0.2) is 17.0 Å². The van der Waals surface area contributed by atoms with E-state index in [0.717, 1.165) is 29.5 Å². The summed E-state index contributed by atoms with van der Waals surface area (Å²) in [5, 5.41) is 8.80. The molecular weight excluding hydrogens is 407 g/mol. The Morgan fingerprint density at radius 2 is 1.71 bits per heavy atom. The Hall–Kier alpha value is -2.39. The summed E-state index contributed by atoms with van der Waals surface area (Å²) in [5.41, 5.74) is 9.97. The average molecular weight is 443 g/mol. The van der Waals surface area contributed by atoms with Crippen LogP contribution in [0.2, 0.25) is 0 Å². The van der Waals surface area contributed by atoms with E-state index in [4.69, 9.17) is 20.6 Å². The van der Waals surface area contributed by atoms with Crippen molar-refractivity contribution in [3.63, 3.8) is 0 Å². The number of carbonyl (C=O) groups is 1. The van der Waals surface area contributed by atoms with Gasteiger partial charge < -0.3 is 15.2 Å². The zero-order valence-corrected chi connectivity index (χ0v) is 20.1. The molecule has 0 saturated heterocycles. The van der Waals surface area contributed by atoms with Crippen molar-refractivity contribution in [2.24, 2.45) is 0 Å². The van der Waals surface area contributed by atoms with Crippen molar-refractivity contribution in [1.29, 1.82) is 5.41 Å². The number of anilines is 1. The van der Waals surface area contributed by atoms with Crippen molar-refractivity contribution in [2.45, 2.75) is 58.0 Å². The second kappa shape index (κ2) is 12.5. The van der Waals surface area contributed by atoms with E-state index < -0.39 is 0 Å². The first-order valence-electron chi connectivity index (χ1n) is 10.9. The van der Waals surface area contributed by atoms with E-state index in [1.165, 1.54) is 12.8 Å². The van der Waals surface area contributed by atoms with Gasteiger partial charge in [0.25, 0.3) is 0 Å². The van der Waals surface area contributed by atoms with Gasteiger partial charge in [-0.1, -0.05) is 45.2 Å². The third-order valence-electron chi connectivity index (χ3n) is 5.27. The number of nitrogens with one attached hydrogen (secondary N) is 1. The van der Waals surface area contributed by atoms with Crippen molar-refractivity contribution in [1.82, 2.24) is 0 Å². The Morgan fingerprint density at radius 3 is 2.32 bits per heavy atom. The Morgan fingerprint density at radius 1 is 1.06 bits per heavy atom. The average Bonchev–Trinajstić information content (AvgIpc) is 2.76. The molecule has 0 fully saturated rings. The van der Waals surface area contributed by atoms with Gasteiger partial charge in [0.1, 0.15) is 0 Å². The first-order valence-corrected chi connectivity index (χ1v) is 12.0. The fourth-order valence-corrected chi connectivity index (χ4v) is 4.76. The van der Waals surface area contributed by atoms with Crippen LogP contribution in [0.1, 0.15) is 62.6 Å². The minimum absolute atomic E-state index is 0.203. The lowest BCUT2D eigenvalue weighted by molar-refractivity contribution is -0.111. The first kappa shape index (κ1) is 24.9. The molecule has 0 radical (unpaired) electrons. The van der Waals surface area contributed by atoms with Crippen LogP contribution in [0.4, 0.5) is 5.69 Å².